The topological polar surface area (TPSA) is 112 Å². The number of ether oxygens (including phenoxy) is 2. The molecule has 2 atom stereocenters. The Kier molecular flexibility index (Phi) is 6.12. The zero-order chi connectivity index (χ0) is 25.8. The number of nitrogens with zero attached hydrogens (tertiary/aromatic N) is 3. The van der Waals surface area contributed by atoms with E-state index in [-0.39, 0.29) is 41.3 Å². The van der Waals surface area contributed by atoms with E-state index in [0.717, 1.165) is 20.2 Å². The summed E-state index contributed by atoms with van der Waals surface area (Å²) in [5.74, 6) is -2.05. The molecular weight excluding hydrogens is 498 g/mol. The van der Waals surface area contributed by atoms with E-state index in [1.807, 2.05) is 0 Å². The van der Waals surface area contributed by atoms with E-state index in [1.165, 1.54) is 17.0 Å². The third-order valence-electron chi connectivity index (χ3n) is 6.36. The summed E-state index contributed by atoms with van der Waals surface area (Å²) in [6.45, 7) is -0.0321. The Morgan fingerprint density at radius 2 is 2.11 bits per heavy atom. The van der Waals surface area contributed by atoms with Gasteiger partial charge in [0.1, 0.15) is 11.4 Å². The molecule has 1 aromatic heterocycles. The molecule has 1 fully saturated rings. The molecule has 2 amide bonds. The summed E-state index contributed by atoms with van der Waals surface area (Å²) in [6.07, 6.45) is -4.17. The van der Waals surface area contributed by atoms with Gasteiger partial charge in [0.25, 0.3) is 5.91 Å². The smallest absolute Gasteiger partial charge is 0.415 e. The maximum Gasteiger partial charge on any atom is 0.415 e. The van der Waals surface area contributed by atoms with Gasteiger partial charge < -0.3 is 20.1 Å². The molecule has 190 valence electrons. The third kappa shape index (κ3) is 3.96. The number of methoxy groups -OCH3 is 1. The first-order valence-electron chi connectivity index (χ1n) is 10.5. The number of benzene rings is 1. The second-order valence-electron chi connectivity index (χ2n) is 8.68. The molecular formula is C21H22ClF4N5O4. The summed E-state index contributed by atoms with van der Waals surface area (Å²) in [6, 6.07) is 2.72. The van der Waals surface area contributed by atoms with E-state index in [0.29, 0.717) is 11.1 Å². The minimum Gasteiger partial charge on any atom is -0.436 e. The number of alkyl halides is 3. The molecule has 0 saturated carbocycles. The standard InChI is InChI=1S/C21H22ClF4N5O4/c1-19(10-34-2,21(24,25)26)31-16(27)11(8-28-31)17(32)30-7-3-6-20(9-30)14-13(29-18(33)35-20)5-4-12(22)15(14)23/h4-5,8H,3,6-7,9-10,27H2,1-2H3,(H,29,33)/t19-,20-/m0/s1. The first-order chi connectivity index (χ1) is 16.3. The van der Waals surface area contributed by atoms with Crippen LogP contribution in [0.2, 0.25) is 5.02 Å². The number of nitrogens with one attached hydrogen (secondary N) is 1. The lowest BCUT2D eigenvalue weighted by Crippen LogP contribution is -2.53. The SMILES string of the molecule is COC[C@](C)(n1ncc(C(=O)N2CCC[C@@]3(C2)OC(=O)Nc2ccc(Cl)c(F)c23)c1N)C(F)(F)F. The van der Waals surface area contributed by atoms with E-state index in [1.54, 1.807) is 0 Å². The van der Waals surface area contributed by atoms with Crippen molar-refractivity contribution in [1.82, 2.24) is 14.7 Å². The molecule has 2 aliphatic heterocycles. The lowest BCUT2D eigenvalue weighted by molar-refractivity contribution is -0.224. The molecule has 0 radical (unpaired) electrons. The van der Waals surface area contributed by atoms with Crippen LogP contribution in [-0.4, -0.2) is 59.7 Å². The van der Waals surface area contributed by atoms with Crippen LogP contribution < -0.4 is 11.1 Å². The fourth-order valence-corrected chi connectivity index (χ4v) is 4.73. The maximum atomic E-state index is 15.1. The highest BCUT2D eigenvalue weighted by molar-refractivity contribution is 6.31. The van der Waals surface area contributed by atoms with Gasteiger partial charge in [-0.1, -0.05) is 11.6 Å². The van der Waals surface area contributed by atoms with Crippen molar-refractivity contribution in [3.63, 3.8) is 0 Å². The molecule has 4 rings (SSSR count). The largest absolute Gasteiger partial charge is 0.436 e. The van der Waals surface area contributed by atoms with E-state index < -0.39 is 47.6 Å². The number of carbonyl (C=O) groups is 2. The molecule has 0 aliphatic carbocycles. The van der Waals surface area contributed by atoms with Crippen molar-refractivity contribution in [2.75, 3.05) is 37.9 Å². The van der Waals surface area contributed by atoms with Crippen molar-refractivity contribution < 1.29 is 36.6 Å². The molecule has 2 aliphatic rings. The van der Waals surface area contributed by atoms with Gasteiger partial charge in [0.15, 0.2) is 17.0 Å². The molecule has 35 heavy (non-hydrogen) atoms. The summed E-state index contributed by atoms with van der Waals surface area (Å²) >= 11 is 5.95. The number of halogens is 5. The highest BCUT2D eigenvalue weighted by atomic mass is 35.5. The van der Waals surface area contributed by atoms with Gasteiger partial charge in [-0.2, -0.15) is 18.3 Å². The molecule has 0 bridgehead atoms. The quantitative estimate of drug-likeness (QED) is 0.593. The molecule has 1 aromatic carbocycles. The first-order valence-corrected chi connectivity index (χ1v) is 10.9. The number of carbonyl (C=O) groups excluding carboxylic acids is 2. The minimum absolute atomic E-state index is 0.00416. The van der Waals surface area contributed by atoms with Crippen LogP contribution in [0.1, 0.15) is 35.7 Å². The highest BCUT2D eigenvalue weighted by Crippen LogP contribution is 2.45. The van der Waals surface area contributed by atoms with Gasteiger partial charge in [0.2, 0.25) is 0 Å². The monoisotopic (exact) mass is 519 g/mol. The number of amides is 2. The second kappa shape index (κ2) is 8.55. The summed E-state index contributed by atoms with van der Waals surface area (Å²) in [7, 11) is 1.10. The number of aromatic nitrogens is 2. The molecule has 14 heteroatoms. The Labute approximate surface area is 202 Å². The Hall–Kier alpha value is -3.06. The molecule has 0 unspecified atom stereocenters. The number of anilines is 2. The summed E-state index contributed by atoms with van der Waals surface area (Å²) in [5, 5.41) is 5.96. The van der Waals surface area contributed by atoms with Crippen molar-refractivity contribution in [2.24, 2.45) is 0 Å². The Morgan fingerprint density at radius 1 is 1.40 bits per heavy atom. The van der Waals surface area contributed by atoms with Gasteiger partial charge in [-0.05, 0) is 31.9 Å². The van der Waals surface area contributed by atoms with Crippen molar-refractivity contribution >= 4 is 35.1 Å². The normalized spacial score (nSPS) is 21.8. The second-order valence-corrected chi connectivity index (χ2v) is 9.09. The fraction of sp³-hybridized carbons (Fsp3) is 0.476. The van der Waals surface area contributed by atoms with E-state index in [4.69, 9.17) is 26.8 Å². The Bertz CT molecular complexity index is 1190. The number of piperidine rings is 1. The minimum atomic E-state index is -4.79. The van der Waals surface area contributed by atoms with Gasteiger partial charge in [-0.15, -0.1) is 0 Å². The van der Waals surface area contributed by atoms with Crippen LogP contribution in [0.25, 0.3) is 0 Å². The predicted octanol–water partition coefficient (Wildman–Crippen LogP) is 3.88. The van der Waals surface area contributed by atoms with Crippen LogP contribution in [0.3, 0.4) is 0 Å². The molecule has 3 heterocycles. The van der Waals surface area contributed by atoms with Crippen LogP contribution in [0.5, 0.6) is 0 Å². The Balaban J connectivity index is 1.70. The number of likely N-dealkylation sites (tertiary alicyclic amines) is 1. The molecule has 2 aromatic rings. The number of rotatable bonds is 4. The lowest BCUT2D eigenvalue weighted by Gasteiger charge is -2.45. The zero-order valence-corrected chi connectivity index (χ0v) is 19.5. The molecule has 1 spiro atoms. The van der Waals surface area contributed by atoms with E-state index >= 15 is 4.39 Å². The Morgan fingerprint density at radius 3 is 2.77 bits per heavy atom. The van der Waals surface area contributed by atoms with Crippen molar-refractivity contribution in [3.05, 3.63) is 40.3 Å². The van der Waals surface area contributed by atoms with Crippen LogP contribution in [-0.2, 0) is 20.6 Å². The third-order valence-corrected chi connectivity index (χ3v) is 6.65. The predicted molar refractivity (Wildman–Crippen MR) is 117 cm³/mol. The number of fused-ring (bicyclic) bond motifs is 2. The van der Waals surface area contributed by atoms with Gasteiger partial charge in [-0.3, -0.25) is 10.1 Å². The highest BCUT2D eigenvalue weighted by Gasteiger charge is 2.55. The van der Waals surface area contributed by atoms with Gasteiger partial charge in [0, 0.05) is 13.7 Å². The first kappa shape index (κ1) is 25.0. The maximum absolute atomic E-state index is 15.1. The van der Waals surface area contributed by atoms with Crippen LogP contribution >= 0.6 is 11.6 Å². The molecule has 1 saturated heterocycles. The summed E-state index contributed by atoms with van der Waals surface area (Å²) in [5.41, 5.74) is 1.67. The average molecular weight is 520 g/mol. The molecule has 3 N–H and O–H groups in total. The van der Waals surface area contributed by atoms with E-state index in [9.17, 15) is 22.8 Å². The molecule has 9 nitrogen and oxygen atoms in total. The summed E-state index contributed by atoms with van der Waals surface area (Å²) < 4.78 is 67.2. The number of nitrogens with two attached hydrogens (primary N) is 1. The van der Waals surface area contributed by atoms with Crippen LogP contribution in [0.4, 0.5) is 33.9 Å². The van der Waals surface area contributed by atoms with Crippen LogP contribution in [0.15, 0.2) is 18.3 Å². The zero-order valence-electron chi connectivity index (χ0n) is 18.7. The van der Waals surface area contributed by atoms with Crippen molar-refractivity contribution in [3.8, 4) is 0 Å². The fourth-order valence-electron chi connectivity index (χ4n) is 4.58. The van der Waals surface area contributed by atoms with Crippen molar-refractivity contribution in [2.45, 2.75) is 37.1 Å². The number of nitrogen functional groups attached to an aromatic ring is 1. The number of hydrogen-bond acceptors (Lipinski definition) is 6. The van der Waals surface area contributed by atoms with E-state index in [2.05, 4.69) is 10.4 Å². The van der Waals surface area contributed by atoms with Gasteiger partial charge in [-0.25, -0.2) is 13.9 Å². The lowest BCUT2D eigenvalue weighted by atomic mass is 9.83. The van der Waals surface area contributed by atoms with Crippen molar-refractivity contribution in [1.29, 1.82) is 0 Å². The number of hydrogen-bond donors (Lipinski definition) is 2. The van der Waals surface area contributed by atoms with Gasteiger partial charge >= 0.3 is 12.3 Å². The van der Waals surface area contributed by atoms with Crippen LogP contribution in [0, 0.1) is 5.82 Å². The average Bonchev–Trinajstić information content (AvgIpc) is 3.16. The summed E-state index contributed by atoms with van der Waals surface area (Å²) in [4.78, 5) is 26.8. The van der Waals surface area contributed by atoms with Gasteiger partial charge in [0.05, 0.1) is 35.6 Å².